The van der Waals surface area contributed by atoms with Gasteiger partial charge in [0.15, 0.2) is 5.78 Å². The lowest BCUT2D eigenvalue weighted by Crippen LogP contribution is -2.39. The summed E-state index contributed by atoms with van der Waals surface area (Å²) < 4.78 is 61.4. The molecule has 0 saturated carbocycles. The monoisotopic (exact) mass is 381 g/mol. The molecule has 1 rings (SSSR count). The zero-order valence-corrected chi connectivity index (χ0v) is 13.7. The van der Waals surface area contributed by atoms with E-state index in [0.29, 0.717) is 5.56 Å². The molecule has 1 aromatic carbocycles. The van der Waals surface area contributed by atoms with E-state index in [1.54, 1.807) is 30.3 Å². The lowest BCUT2D eigenvalue weighted by Gasteiger charge is -2.18. The zero-order valence-electron chi connectivity index (χ0n) is 13.7. The highest BCUT2D eigenvalue weighted by molar-refractivity contribution is 5.88. The Labute approximate surface area is 147 Å². The van der Waals surface area contributed by atoms with Crippen LogP contribution < -0.4 is 5.73 Å². The molecule has 10 heteroatoms. The first kappa shape index (κ1) is 22.0. The third-order valence-electron chi connectivity index (χ3n) is 3.24. The highest BCUT2D eigenvalue weighted by Gasteiger charge is 2.28. The molecule has 0 radical (unpaired) electrons. The number of rotatable bonds is 12. The van der Waals surface area contributed by atoms with Crippen LogP contribution in [0.15, 0.2) is 30.3 Å². The van der Waals surface area contributed by atoms with Crippen LogP contribution in [-0.4, -0.2) is 44.2 Å². The molecule has 1 aromatic rings. The molecule has 146 valence electrons. The Hall–Kier alpha value is -2.04. The molecule has 0 aliphatic carbocycles. The first-order chi connectivity index (χ1) is 12.3. The SMILES string of the molecule is N[C@@H](COC(F)F)C(=O)C[C@@H](COC(F)F)C(=O)OCc1ccccc1. The molecule has 0 heterocycles. The second-order valence-corrected chi connectivity index (χ2v) is 5.26. The predicted octanol–water partition coefficient (Wildman–Crippen LogP) is 2.11. The summed E-state index contributed by atoms with van der Waals surface area (Å²) in [6.07, 6.45) is -0.603. The minimum atomic E-state index is -3.15. The van der Waals surface area contributed by atoms with E-state index in [0.717, 1.165) is 0 Å². The van der Waals surface area contributed by atoms with Crippen molar-refractivity contribution in [2.45, 2.75) is 32.3 Å². The lowest BCUT2D eigenvalue weighted by molar-refractivity contribution is -0.167. The average molecular weight is 381 g/mol. The fraction of sp³-hybridized carbons (Fsp3) is 0.500. The Morgan fingerprint density at radius 2 is 1.54 bits per heavy atom. The summed E-state index contributed by atoms with van der Waals surface area (Å²) >= 11 is 0. The van der Waals surface area contributed by atoms with Crippen LogP contribution in [0.1, 0.15) is 12.0 Å². The summed E-state index contributed by atoms with van der Waals surface area (Å²) in [4.78, 5) is 24.0. The molecule has 2 N–H and O–H groups in total. The molecule has 0 aliphatic heterocycles. The molecule has 0 unspecified atom stereocenters. The van der Waals surface area contributed by atoms with Crippen molar-refractivity contribution in [2.75, 3.05) is 13.2 Å². The molecule has 0 aromatic heterocycles. The van der Waals surface area contributed by atoms with Crippen molar-refractivity contribution in [3.05, 3.63) is 35.9 Å². The largest absolute Gasteiger partial charge is 0.461 e. The van der Waals surface area contributed by atoms with Crippen molar-refractivity contribution in [1.29, 1.82) is 0 Å². The van der Waals surface area contributed by atoms with Crippen molar-refractivity contribution in [3.8, 4) is 0 Å². The van der Waals surface area contributed by atoms with Gasteiger partial charge in [-0.25, -0.2) is 0 Å². The maximum absolute atomic E-state index is 12.2. The molecular formula is C16H19F4NO5. The van der Waals surface area contributed by atoms with E-state index in [9.17, 15) is 27.2 Å². The molecule has 0 saturated heterocycles. The topological polar surface area (TPSA) is 87.9 Å². The van der Waals surface area contributed by atoms with Crippen molar-refractivity contribution < 1.29 is 41.4 Å². The van der Waals surface area contributed by atoms with E-state index < -0.39 is 56.6 Å². The fourth-order valence-corrected chi connectivity index (χ4v) is 1.91. The van der Waals surface area contributed by atoms with E-state index in [1.165, 1.54) is 0 Å². The summed E-state index contributed by atoms with van der Waals surface area (Å²) in [6.45, 7) is -7.93. The number of carbonyl (C=O) groups is 2. The smallest absolute Gasteiger partial charge is 0.345 e. The summed E-state index contributed by atoms with van der Waals surface area (Å²) in [6, 6.07) is 7.12. The van der Waals surface area contributed by atoms with Gasteiger partial charge in [0.05, 0.1) is 25.2 Å². The third kappa shape index (κ3) is 8.88. The molecule has 0 bridgehead atoms. The number of Topliss-reactive ketones (excluding diaryl/α,β-unsaturated/α-hetero) is 1. The number of hydrogen-bond donors (Lipinski definition) is 1. The third-order valence-corrected chi connectivity index (χ3v) is 3.24. The quantitative estimate of drug-likeness (QED) is 0.441. The zero-order chi connectivity index (χ0) is 19.5. The van der Waals surface area contributed by atoms with Gasteiger partial charge in [-0.05, 0) is 5.56 Å². The highest BCUT2D eigenvalue weighted by atomic mass is 19.3. The molecule has 0 fully saturated rings. The van der Waals surface area contributed by atoms with Crippen molar-refractivity contribution in [1.82, 2.24) is 0 Å². The van der Waals surface area contributed by atoms with Crippen LogP contribution in [0.3, 0.4) is 0 Å². The maximum atomic E-state index is 12.2. The van der Waals surface area contributed by atoms with Crippen molar-refractivity contribution >= 4 is 11.8 Å². The Morgan fingerprint density at radius 3 is 2.12 bits per heavy atom. The number of ketones is 1. The molecule has 2 atom stereocenters. The van der Waals surface area contributed by atoms with Gasteiger partial charge in [-0.2, -0.15) is 17.6 Å². The summed E-state index contributed by atoms with van der Waals surface area (Å²) in [5.41, 5.74) is 6.04. The second-order valence-electron chi connectivity index (χ2n) is 5.26. The second kappa shape index (κ2) is 11.6. The fourth-order valence-electron chi connectivity index (χ4n) is 1.91. The predicted molar refractivity (Wildman–Crippen MR) is 81.2 cm³/mol. The number of hydrogen-bond acceptors (Lipinski definition) is 6. The van der Waals surface area contributed by atoms with Gasteiger partial charge in [0.1, 0.15) is 6.61 Å². The summed E-state index contributed by atoms with van der Waals surface area (Å²) in [5, 5.41) is 0. The van der Waals surface area contributed by atoms with Crippen LogP contribution in [0.4, 0.5) is 17.6 Å². The number of esters is 1. The first-order valence-corrected chi connectivity index (χ1v) is 7.58. The van der Waals surface area contributed by atoms with E-state index in [1.807, 2.05) is 0 Å². The lowest BCUT2D eigenvalue weighted by atomic mass is 10.00. The number of nitrogens with two attached hydrogens (primary N) is 1. The molecule has 0 amide bonds. The number of ether oxygens (including phenoxy) is 3. The average Bonchev–Trinajstić information content (AvgIpc) is 2.61. The minimum Gasteiger partial charge on any atom is -0.461 e. The molecule has 0 spiro atoms. The van der Waals surface area contributed by atoms with Gasteiger partial charge in [-0.3, -0.25) is 9.59 Å². The Bertz CT molecular complexity index is 559. The summed E-state index contributed by atoms with van der Waals surface area (Å²) in [5.74, 6) is -3.10. The summed E-state index contributed by atoms with van der Waals surface area (Å²) in [7, 11) is 0. The van der Waals surface area contributed by atoms with Gasteiger partial charge < -0.3 is 19.9 Å². The van der Waals surface area contributed by atoms with Crippen LogP contribution >= 0.6 is 0 Å². The van der Waals surface area contributed by atoms with E-state index >= 15 is 0 Å². The van der Waals surface area contributed by atoms with Crippen LogP contribution in [0.2, 0.25) is 0 Å². The van der Waals surface area contributed by atoms with Crippen molar-refractivity contribution in [3.63, 3.8) is 0 Å². The standard InChI is InChI=1S/C16H19F4NO5/c17-15(18)25-8-11(6-13(22)12(21)9-26-16(19)20)14(23)24-7-10-4-2-1-3-5-10/h1-5,11-12,15-16H,6-9,21H2/t11-,12-/m0/s1. The number of alkyl halides is 4. The Kier molecular flexibility index (Phi) is 9.78. The van der Waals surface area contributed by atoms with Crippen LogP contribution in [0.5, 0.6) is 0 Å². The minimum absolute atomic E-state index is 0.125. The number of halogens is 4. The molecule has 0 aliphatic rings. The van der Waals surface area contributed by atoms with E-state index in [4.69, 9.17) is 10.5 Å². The van der Waals surface area contributed by atoms with E-state index in [-0.39, 0.29) is 6.61 Å². The highest BCUT2D eigenvalue weighted by Crippen LogP contribution is 2.13. The number of carbonyl (C=O) groups excluding carboxylic acids is 2. The normalized spacial score (nSPS) is 13.7. The molecular weight excluding hydrogens is 362 g/mol. The van der Waals surface area contributed by atoms with Gasteiger partial charge in [-0.1, -0.05) is 30.3 Å². The molecule has 6 nitrogen and oxygen atoms in total. The van der Waals surface area contributed by atoms with Gasteiger partial charge in [0.2, 0.25) is 0 Å². The molecule has 26 heavy (non-hydrogen) atoms. The van der Waals surface area contributed by atoms with E-state index in [2.05, 4.69) is 9.47 Å². The maximum Gasteiger partial charge on any atom is 0.345 e. The van der Waals surface area contributed by atoms with Gasteiger partial charge in [0.25, 0.3) is 0 Å². The van der Waals surface area contributed by atoms with Gasteiger partial charge in [-0.15, -0.1) is 0 Å². The van der Waals surface area contributed by atoms with Crippen LogP contribution in [-0.2, 0) is 30.4 Å². The Balaban J connectivity index is 2.61. The van der Waals surface area contributed by atoms with Gasteiger partial charge in [0, 0.05) is 6.42 Å². The first-order valence-electron chi connectivity index (χ1n) is 7.58. The van der Waals surface area contributed by atoms with Gasteiger partial charge >= 0.3 is 19.2 Å². The number of benzene rings is 1. The van der Waals surface area contributed by atoms with Crippen molar-refractivity contribution in [2.24, 2.45) is 11.7 Å². The van der Waals surface area contributed by atoms with Crippen LogP contribution in [0, 0.1) is 5.92 Å². The van der Waals surface area contributed by atoms with Crippen LogP contribution in [0.25, 0.3) is 0 Å². The Morgan fingerprint density at radius 1 is 0.962 bits per heavy atom.